The molecule has 0 saturated heterocycles. The van der Waals surface area contributed by atoms with E-state index in [9.17, 15) is 9.90 Å². The molecule has 1 heterocycles. The molecule has 1 amide bonds. The second kappa shape index (κ2) is 11.2. The molecule has 0 unspecified atom stereocenters. The van der Waals surface area contributed by atoms with Crippen molar-refractivity contribution < 1.29 is 9.90 Å². The largest absolute Gasteiger partial charge is 0.507 e. The Morgan fingerprint density at radius 2 is 1.88 bits per heavy atom. The zero-order valence-corrected chi connectivity index (χ0v) is 19.2. The highest BCUT2D eigenvalue weighted by molar-refractivity contribution is 7.99. The highest BCUT2D eigenvalue weighted by atomic mass is 32.2. The van der Waals surface area contributed by atoms with Crippen LogP contribution >= 0.6 is 11.8 Å². The number of anilines is 1. The molecule has 34 heavy (non-hydrogen) atoms. The third-order valence-electron chi connectivity index (χ3n) is 4.99. The summed E-state index contributed by atoms with van der Waals surface area (Å²) in [6.07, 6.45) is 3.22. The van der Waals surface area contributed by atoms with Crippen molar-refractivity contribution in [2.45, 2.75) is 18.2 Å². The van der Waals surface area contributed by atoms with E-state index in [0.717, 1.165) is 22.3 Å². The van der Waals surface area contributed by atoms with Crippen molar-refractivity contribution in [3.05, 3.63) is 90.8 Å². The molecule has 172 valence electrons. The van der Waals surface area contributed by atoms with Gasteiger partial charge in [0.25, 0.3) is 5.91 Å². The molecule has 0 atom stereocenters. The van der Waals surface area contributed by atoms with Crippen LogP contribution in [0.1, 0.15) is 11.4 Å². The van der Waals surface area contributed by atoms with Gasteiger partial charge in [-0.05, 0) is 29.0 Å². The van der Waals surface area contributed by atoms with Crippen molar-refractivity contribution in [3.63, 3.8) is 0 Å². The van der Waals surface area contributed by atoms with Crippen LogP contribution < -0.4 is 10.7 Å². The Bertz CT molecular complexity index is 1320. The number of aromatic nitrogens is 3. The van der Waals surface area contributed by atoms with Crippen molar-refractivity contribution in [1.82, 2.24) is 20.2 Å². The van der Waals surface area contributed by atoms with Gasteiger partial charge in [0, 0.05) is 17.8 Å². The summed E-state index contributed by atoms with van der Waals surface area (Å²) in [4.78, 5) is 12.3. The normalized spacial score (nSPS) is 11.1. The number of rotatable bonds is 10. The van der Waals surface area contributed by atoms with Gasteiger partial charge in [0.1, 0.15) is 5.75 Å². The van der Waals surface area contributed by atoms with Gasteiger partial charge in [0.2, 0.25) is 0 Å². The summed E-state index contributed by atoms with van der Waals surface area (Å²) in [5.41, 5.74) is 4.04. The third kappa shape index (κ3) is 5.62. The van der Waals surface area contributed by atoms with Gasteiger partial charge in [-0.25, -0.2) is 5.43 Å². The number of amides is 1. The minimum absolute atomic E-state index is 0.0974. The maximum Gasteiger partial charge on any atom is 0.250 e. The van der Waals surface area contributed by atoms with E-state index in [0.29, 0.717) is 23.8 Å². The van der Waals surface area contributed by atoms with Crippen LogP contribution in [0, 0.1) is 0 Å². The van der Waals surface area contributed by atoms with E-state index < -0.39 is 0 Å². The number of carbonyl (C=O) groups is 1. The molecule has 0 fully saturated rings. The Kier molecular flexibility index (Phi) is 7.56. The van der Waals surface area contributed by atoms with Crippen LogP contribution in [0.2, 0.25) is 0 Å². The number of hydrazone groups is 1. The van der Waals surface area contributed by atoms with Crippen molar-refractivity contribution in [2.24, 2.45) is 5.10 Å². The Labute approximate surface area is 201 Å². The summed E-state index contributed by atoms with van der Waals surface area (Å²) in [5.74, 6) is 0.662. The number of allylic oxidation sites excluding steroid dienone is 1. The van der Waals surface area contributed by atoms with Gasteiger partial charge in [0.05, 0.1) is 18.5 Å². The van der Waals surface area contributed by atoms with Crippen LogP contribution in [-0.2, 0) is 17.9 Å². The first-order valence-corrected chi connectivity index (χ1v) is 11.6. The van der Waals surface area contributed by atoms with Crippen LogP contribution in [0.4, 0.5) is 5.69 Å². The standard InChI is InChI=1S/C25H24N6O2S/c1-2-14-31-23(16-26-19-9-4-3-5-10-19)28-30-25(31)34-17-24(33)29-27-15-21-20-11-7-6-8-18(20)12-13-22(21)32/h2-13,15,26,32H,1,14,16-17H2,(H,29,33)/b27-15-. The average molecular weight is 473 g/mol. The molecule has 0 saturated carbocycles. The molecule has 1 aromatic heterocycles. The van der Waals surface area contributed by atoms with E-state index in [1.54, 1.807) is 12.1 Å². The smallest absolute Gasteiger partial charge is 0.250 e. The van der Waals surface area contributed by atoms with E-state index in [-0.39, 0.29) is 17.4 Å². The first-order valence-electron chi connectivity index (χ1n) is 10.6. The number of nitrogens with zero attached hydrogens (tertiary/aromatic N) is 4. The van der Waals surface area contributed by atoms with Crippen LogP contribution in [-0.4, -0.2) is 37.7 Å². The molecule has 0 radical (unpaired) electrons. The number of phenols is 1. The third-order valence-corrected chi connectivity index (χ3v) is 5.96. The quantitative estimate of drug-likeness (QED) is 0.138. The minimum Gasteiger partial charge on any atom is -0.507 e. The van der Waals surface area contributed by atoms with Crippen LogP contribution in [0.3, 0.4) is 0 Å². The second-order valence-electron chi connectivity index (χ2n) is 7.32. The summed E-state index contributed by atoms with van der Waals surface area (Å²) >= 11 is 1.27. The molecule has 0 aliphatic carbocycles. The Morgan fingerprint density at radius 1 is 1.09 bits per heavy atom. The molecule has 9 heteroatoms. The van der Waals surface area contributed by atoms with Crippen molar-refractivity contribution in [3.8, 4) is 5.75 Å². The molecular formula is C25H24N6O2S. The van der Waals surface area contributed by atoms with Gasteiger partial charge in [-0.15, -0.1) is 16.8 Å². The first kappa shape index (κ1) is 23.1. The summed E-state index contributed by atoms with van der Waals surface area (Å²) in [6, 6.07) is 20.9. The fraction of sp³-hybridized carbons (Fsp3) is 0.120. The van der Waals surface area contributed by atoms with Gasteiger partial charge < -0.3 is 15.0 Å². The van der Waals surface area contributed by atoms with Crippen molar-refractivity contribution in [2.75, 3.05) is 11.1 Å². The van der Waals surface area contributed by atoms with Gasteiger partial charge in [-0.1, -0.05) is 66.4 Å². The second-order valence-corrected chi connectivity index (χ2v) is 8.26. The van der Waals surface area contributed by atoms with E-state index in [2.05, 4.69) is 32.6 Å². The summed E-state index contributed by atoms with van der Waals surface area (Å²) in [7, 11) is 0. The Morgan fingerprint density at radius 3 is 2.71 bits per heavy atom. The van der Waals surface area contributed by atoms with Crippen molar-refractivity contribution >= 4 is 40.3 Å². The SMILES string of the molecule is C=CCn1c(CNc2ccccc2)nnc1SCC(=O)N/N=C\c1c(O)ccc2ccccc12. The molecular weight excluding hydrogens is 448 g/mol. The molecule has 0 bridgehead atoms. The molecule has 4 aromatic rings. The molecule has 4 rings (SSSR count). The average Bonchev–Trinajstić information content (AvgIpc) is 3.25. The molecule has 3 N–H and O–H groups in total. The van der Waals surface area contributed by atoms with Gasteiger partial charge in [0.15, 0.2) is 11.0 Å². The number of fused-ring (bicyclic) bond motifs is 1. The topological polar surface area (TPSA) is 104 Å². The first-order chi connectivity index (χ1) is 16.7. The van der Waals surface area contributed by atoms with Crippen LogP contribution in [0.15, 0.2) is 89.6 Å². The number of phenolic OH excluding ortho intramolecular Hbond substituents is 1. The number of hydrogen-bond donors (Lipinski definition) is 3. The van der Waals surface area contributed by atoms with E-state index >= 15 is 0 Å². The van der Waals surface area contributed by atoms with Gasteiger partial charge >= 0.3 is 0 Å². The summed E-state index contributed by atoms with van der Waals surface area (Å²) < 4.78 is 1.91. The van der Waals surface area contributed by atoms with Crippen LogP contribution in [0.5, 0.6) is 5.75 Å². The predicted molar refractivity (Wildman–Crippen MR) is 136 cm³/mol. The molecule has 0 aliphatic rings. The summed E-state index contributed by atoms with van der Waals surface area (Å²) in [5, 5.41) is 28.5. The molecule has 0 aliphatic heterocycles. The minimum atomic E-state index is -0.293. The number of aromatic hydroxyl groups is 1. The molecule has 0 spiro atoms. The lowest BCUT2D eigenvalue weighted by molar-refractivity contribution is -0.118. The Balaban J connectivity index is 1.36. The van der Waals surface area contributed by atoms with Gasteiger partial charge in [-0.3, -0.25) is 4.79 Å². The number of benzene rings is 3. The van der Waals surface area contributed by atoms with Crippen molar-refractivity contribution in [1.29, 1.82) is 0 Å². The maximum atomic E-state index is 12.3. The fourth-order valence-corrected chi connectivity index (χ4v) is 4.12. The maximum absolute atomic E-state index is 12.3. The van der Waals surface area contributed by atoms with Gasteiger partial charge in [-0.2, -0.15) is 5.10 Å². The zero-order chi connectivity index (χ0) is 23.8. The molecule has 8 nitrogen and oxygen atoms in total. The number of nitrogens with one attached hydrogen (secondary N) is 2. The molecule has 3 aromatic carbocycles. The summed E-state index contributed by atoms with van der Waals surface area (Å²) in [6.45, 7) is 4.83. The van der Waals surface area contributed by atoms with E-state index in [1.165, 1.54) is 18.0 Å². The fourth-order valence-electron chi connectivity index (χ4n) is 3.36. The lowest BCUT2D eigenvalue weighted by Gasteiger charge is -2.09. The zero-order valence-electron chi connectivity index (χ0n) is 18.4. The highest BCUT2D eigenvalue weighted by Gasteiger charge is 2.13. The number of para-hydroxylation sites is 1. The lowest BCUT2D eigenvalue weighted by atomic mass is 10.0. The number of hydrogen-bond acceptors (Lipinski definition) is 7. The number of thioether (sulfide) groups is 1. The number of carbonyl (C=O) groups excluding carboxylic acids is 1. The van der Waals surface area contributed by atoms with E-state index in [1.807, 2.05) is 65.2 Å². The van der Waals surface area contributed by atoms with Crippen LogP contribution in [0.25, 0.3) is 10.8 Å². The monoisotopic (exact) mass is 472 g/mol. The highest BCUT2D eigenvalue weighted by Crippen LogP contribution is 2.25. The van der Waals surface area contributed by atoms with E-state index in [4.69, 9.17) is 0 Å². The predicted octanol–water partition coefficient (Wildman–Crippen LogP) is 4.18. The Hall–Kier alpha value is -4.11. The lowest BCUT2D eigenvalue weighted by Crippen LogP contribution is -2.20.